The van der Waals surface area contributed by atoms with Crippen LogP contribution < -0.4 is 126 Å². The number of phosphoric ester groups is 1. The molecule has 0 aliphatic carbocycles. The molecule has 16 unspecified atom stereocenters. The maximum Gasteiger partial charge on any atom is 0.469 e. The number of nitrogens with zero attached hydrogens (tertiary/aromatic N) is 2. The number of aliphatic carboxylic acids is 1. The van der Waals surface area contributed by atoms with Crippen LogP contribution in [-0.4, -0.2) is 286 Å². The summed E-state index contributed by atoms with van der Waals surface area (Å²) >= 11 is 0. The van der Waals surface area contributed by atoms with Gasteiger partial charge in [-0.15, -0.1) is 0 Å². The number of primary amides is 1. The summed E-state index contributed by atoms with van der Waals surface area (Å²) in [4.78, 5) is 241. The van der Waals surface area contributed by atoms with E-state index in [0.29, 0.717) is 12.8 Å². The third kappa shape index (κ3) is 44.1. The molecule has 15 amide bonds. The van der Waals surface area contributed by atoms with E-state index < -0.39 is 232 Å². The minimum absolute atomic E-state index is 0.0298. The van der Waals surface area contributed by atoms with Crippen molar-refractivity contribution >= 4 is 114 Å². The van der Waals surface area contributed by atoms with Crippen LogP contribution in [0.2, 0.25) is 0 Å². The van der Waals surface area contributed by atoms with Gasteiger partial charge in [0.25, 0.3) is 0 Å². The van der Waals surface area contributed by atoms with E-state index in [1.54, 1.807) is 0 Å². The Bertz CT molecular complexity index is 3270. The normalized spacial score (nSPS) is 15.4. The van der Waals surface area contributed by atoms with E-state index in [4.69, 9.17) is 51.6 Å². The Morgan fingerprint density at radius 3 is 1.07 bits per heavy atom. The van der Waals surface area contributed by atoms with Gasteiger partial charge in [-0.3, -0.25) is 91.2 Å². The third-order valence-electron chi connectivity index (χ3n) is 16.2. The molecule has 0 aromatic carbocycles. The number of nitrogens with one attached hydrogen (secondary N) is 14. The van der Waals surface area contributed by atoms with Crippen molar-refractivity contribution in [3.63, 3.8) is 0 Å². The van der Waals surface area contributed by atoms with Gasteiger partial charge >= 0.3 is 13.8 Å². The maximum absolute atomic E-state index is 14.4. The number of carboxylic acid groups (broad SMARTS) is 1. The van der Waals surface area contributed by atoms with Gasteiger partial charge in [-0.1, -0.05) is 0 Å². The molecule has 0 aliphatic rings. The number of carboxylic acids is 1. The predicted octanol–water partition coefficient (Wildman–Crippen LogP) is -13.5. The van der Waals surface area contributed by atoms with E-state index in [2.05, 4.69) is 88.9 Å². The van der Waals surface area contributed by atoms with E-state index in [1.165, 1.54) is 13.8 Å². The number of nitrogens with two attached hydrogens (primary N) is 9. The molecule has 16 atom stereocenters. The number of carbonyl (C=O) groups is 16. The molecule has 0 saturated carbocycles. The lowest BCUT2D eigenvalue weighted by Crippen LogP contribution is -2.62. The fourth-order valence-electron chi connectivity index (χ4n) is 9.90. The van der Waals surface area contributed by atoms with Crippen molar-refractivity contribution in [3.05, 3.63) is 0 Å². The van der Waals surface area contributed by atoms with Crippen molar-refractivity contribution in [1.82, 2.24) is 74.4 Å². The van der Waals surface area contributed by atoms with Crippen LogP contribution in [0.1, 0.15) is 138 Å². The molecular weight excluding hydrogens is 1520 g/mol. The fourth-order valence-corrected chi connectivity index (χ4v) is 10.2. The van der Waals surface area contributed by atoms with Crippen molar-refractivity contribution in [2.24, 2.45) is 61.6 Å². The van der Waals surface area contributed by atoms with Crippen molar-refractivity contribution in [2.45, 2.75) is 235 Å². The van der Waals surface area contributed by atoms with E-state index in [0.717, 1.165) is 27.7 Å². The third-order valence-corrected chi connectivity index (χ3v) is 16.7. The monoisotopic (exact) mass is 1640 g/mol. The molecule has 50 heteroatoms. The van der Waals surface area contributed by atoms with Crippen molar-refractivity contribution in [1.29, 1.82) is 0 Å². The molecule has 0 saturated heterocycles. The van der Waals surface area contributed by atoms with Gasteiger partial charge in [0.1, 0.15) is 72.5 Å². The molecule has 0 spiro atoms. The first kappa shape index (κ1) is 103. The highest BCUT2D eigenvalue weighted by Crippen LogP contribution is 2.35. The number of amides is 15. The highest BCUT2D eigenvalue weighted by atomic mass is 31.2. The average molecular weight is 1640 g/mol. The van der Waals surface area contributed by atoms with Crippen LogP contribution in [0.25, 0.3) is 0 Å². The van der Waals surface area contributed by atoms with Gasteiger partial charge in [-0.2, -0.15) is 0 Å². The summed E-state index contributed by atoms with van der Waals surface area (Å²) in [5, 5.41) is 73.6. The summed E-state index contributed by atoms with van der Waals surface area (Å²) in [6, 6.07) is -21.4. The second kappa shape index (κ2) is 54.5. The standard InChI is InChI=1S/C63H118N25O24P/c1-30(67)49(95)80-40(19-14-26-74-63(71)72)55(101)88-48(35(6)91)60(106)84-38(17-9-12-24-66)52(98)83-41(20-21-43(68)92)56(102)87-47(34(5)90)59(105)77-31(2)50(96)81-39(18-13-25-73-62(69)70)53(99)82-37(16-8-11-23-65)54(100)85-42(29-112-113(109,110)111)57(103)86-46(33(4)89)58(104)76-27-44(93)75-28-45(94)79-36(15-7-10-22-64)51(97)78-32(3)61(107)108/h30-42,46-48,89-91H,7-29,64-67H2,1-6H3,(H2,68,92)(H,75,93)(H,76,104)(H,77,105)(H,78,97)(H,79,94)(H,80,95)(H,81,96)(H,82,99)(H,83,98)(H,84,106)(H,85,100)(H,86,103)(H,87,102)(H,88,101)(H,107,108)(H4,69,70,73)(H4,71,72,74)(H2,109,110,111). The number of rotatable bonds is 58. The largest absolute Gasteiger partial charge is 0.480 e. The van der Waals surface area contributed by atoms with Crippen LogP contribution in [0.3, 0.4) is 0 Å². The minimum atomic E-state index is -5.49. The molecule has 0 rings (SSSR count). The lowest BCUT2D eigenvalue weighted by atomic mass is 10.0. The molecular formula is C63H118N25O24P. The SMILES string of the molecule is CC(N)C(=O)NC(CCCN=C(N)N)C(=O)NC(C(=O)NC(CCCCN)C(=O)NC(CCC(N)=O)C(=O)NC(C(=O)NC(C)C(=O)NC(CCCN=C(N)N)C(=O)NC(CCCCN)C(=O)NC(COP(=O)(O)O)C(=O)NC(C(=O)NCC(=O)NCC(=O)NC(CCCCN)C(=O)NC(C)C(=O)O)C(C)O)C(C)O)C(C)O. The zero-order valence-corrected chi connectivity index (χ0v) is 65.0. The number of guanidine groups is 2. The van der Waals surface area contributed by atoms with Crippen molar-refractivity contribution in [2.75, 3.05) is 52.4 Å². The van der Waals surface area contributed by atoms with Crippen LogP contribution in [0, 0.1) is 0 Å². The summed E-state index contributed by atoms with van der Waals surface area (Å²) < 4.78 is 16.5. The molecule has 644 valence electrons. The predicted molar refractivity (Wildman–Crippen MR) is 402 cm³/mol. The molecule has 0 bridgehead atoms. The molecule has 0 fully saturated rings. The summed E-state index contributed by atoms with van der Waals surface area (Å²) in [6.45, 7) is 4.04. The molecule has 113 heavy (non-hydrogen) atoms. The first-order valence-corrected chi connectivity index (χ1v) is 37.7. The van der Waals surface area contributed by atoms with Gasteiger partial charge in [0.2, 0.25) is 88.6 Å². The minimum Gasteiger partial charge on any atom is -0.480 e. The summed E-state index contributed by atoms with van der Waals surface area (Å²) in [6.07, 6.45) is -5.74. The average Bonchev–Trinajstić information content (AvgIpc) is 0.850. The van der Waals surface area contributed by atoms with E-state index >= 15 is 0 Å². The summed E-state index contributed by atoms with van der Waals surface area (Å²) in [5.41, 5.74) is 49.8. The topological polar surface area (TPSA) is 848 Å². The molecule has 38 N–H and O–H groups in total. The van der Waals surface area contributed by atoms with Gasteiger partial charge in [-0.05, 0) is 151 Å². The lowest BCUT2D eigenvalue weighted by molar-refractivity contribution is -0.141. The first-order chi connectivity index (χ1) is 52.8. The Balaban J connectivity index is 6.93. The number of carbonyl (C=O) groups excluding carboxylic acids is 15. The van der Waals surface area contributed by atoms with E-state index in [9.17, 15) is 111 Å². The van der Waals surface area contributed by atoms with Crippen molar-refractivity contribution in [3.8, 4) is 0 Å². The highest BCUT2D eigenvalue weighted by Gasteiger charge is 2.39. The Morgan fingerprint density at radius 2 is 0.690 bits per heavy atom. The number of phosphoric acid groups is 1. The molecule has 0 aliphatic heterocycles. The zero-order chi connectivity index (χ0) is 86.4. The summed E-state index contributed by atoms with van der Waals surface area (Å²) in [5.74, 6) is -18.5. The Morgan fingerprint density at radius 1 is 0.372 bits per heavy atom. The molecule has 0 heterocycles. The second-order valence-corrected chi connectivity index (χ2v) is 27.5. The zero-order valence-electron chi connectivity index (χ0n) is 64.1. The van der Waals surface area contributed by atoms with Crippen LogP contribution in [0.5, 0.6) is 0 Å². The van der Waals surface area contributed by atoms with Gasteiger partial charge in [0, 0.05) is 19.5 Å². The number of aliphatic imine (C=N–C) groups is 2. The summed E-state index contributed by atoms with van der Waals surface area (Å²) in [7, 11) is -5.49. The van der Waals surface area contributed by atoms with Gasteiger partial charge < -0.3 is 156 Å². The van der Waals surface area contributed by atoms with Crippen LogP contribution in [0.15, 0.2) is 9.98 Å². The second-order valence-electron chi connectivity index (χ2n) is 26.3. The molecule has 0 radical (unpaired) electrons. The van der Waals surface area contributed by atoms with Crippen LogP contribution >= 0.6 is 7.82 Å². The van der Waals surface area contributed by atoms with Gasteiger partial charge in [0.05, 0.1) is 44.1 Å². The lowest BCUT2D eigenvalue weighted by Gasteiger charge is -2.29. The van der Waals surface area contributed by atoms with Gasteiger partial charge in [-0.25, -0.2) is 4.57 Å². The quantitative estimate of drug-likeness (QED) is 0.0116. The first-order valence-electron chi connectivity index (χ1n) is 36.2. The van der Waals surface area contributed by atoms with E-state index in [1.807, 2.05) is 0 Å². The Labute approximate surface area is 651 Å². The Kier molecular flexibility index (Phi) is 49.7. The number of unbranched alkanes of at least 4 members (excludes halogenated alkanes) is 3. The molecule has 49 nitrogen and oxygen atoms in total. The van der Waals surface area contributed by atoms with Crippen LogP contribution in [-0.2, 0) is 85.8 Å². The van der Waals surface area contributed by atoms with Crippen molar-refractivity contribution < 1.29 is 116 Å². The fraction of sp³-hybridized carbons (Fsp3) is 0.714. The Hall–Kier alpha value is -10.1. The smallest absolute Gasteiger partial charge is 0.469 e. The molecule has 0 aromatic rings. The van der Waals surface area contributed by atoms with Gasteiger partial charge in [0.15, 0.2) is 11.9 Å². The number of hydrogen-bond acceptors (Lipinski definition) is 27. The van der Waals surface area contributed by atoms with E-state index in [-0.39, 0.29) is 115 Å². The number of aliphatic hydroxyl groups excluding tert-OH is 3. The number of aliphatic hydroxyl groups is 3. The molecule has 0 aromatic heterocycles. The van der Waals surface area contributed by atoms with Crippen LogP contribution in [0.4, 0.5) is 0 Å². The highest BCUT2D eigenvalue weighted by molar-refractivity contribution is 7.46. The maximum atomic E-state index is 14.4. The number of hydrogen-bond donors (Lipinski definition) is 29.